The molecular formula is C22H25Cl2N3O2. The van der Waals surface area contributed by atoms with Crippen LogP contribution in [0.25, 0.3) is 0 Å². The molecule has 1 atom stereocenters. The van der Waals surface area contributed by atoms with E-state index in [0.29, 0.717) is 35.5 Å². The highest BCUT2D eigenvalue weighted by Gasteiger charge is 2.24. The maximum absolute atomic E-state index is 12.5. The number of piperidine rings is 1. The van der Waals surface area contributed by atoms with Gasteiger partial charge in [-0.2, -0.15) is 0 Å². The van der Waals surface area contributed by atoms with Crippen LogP contribution in [0.2, 0.25) is 10.0 Å². The topological polar surface area (TPSA) is 61.4 Å². The average molecular weight is 434 g/mol. The Morgan fingerprint density at radius 1 is 1.07 bits per heavy atom. The van der Waals surface area contributed by atoms with E-state index in [-0.39, 0.29) is 11.9 Å². The van der Waals surface area contributed by atoms with Crippen LogP contribution >= 0.6 is 23.2 Å². The zero-order valence-corrected chi connectivity index (χ0v) is 17.7. The summed E-state index contributed by atoms with van der Waals surface area (Å²) < 4.78 is 0. The van der Waals surface area contributed by atoms with Crippen LogP contribution < -0.4 is 10.6 Å². The molecule has 0 bridgehead atoms. The predicted octanol–water partition coefficient (Wildman–Crippen LogP) is 5.33. The van der Waals surface area contributed by atoms with Crippen LogP contribution in [-0.2, 0) is 11.3 Å². The summed E-state index contributed by atoms with van der Waals surface area (Å²) >= 11 is 12.0. The molecule has 2 aromatic rings. The molecule has 0 aromatic heterocycles. The molecule has 1 saturated heterocycles. The van der Waals surface area contributed by atoms with Crippen LogP contribution in [0.15, 0.2) is 48.5 Å². The lowest BCUT2D eigenvalue weighted by atomic mass is 9.93. The monoisotopic (exact) mass is 433 g/mol. The number of likely N-dealkylation sites (tertiary alicyclic amines) is 1. The summed E-state index contributed by atoms with van der Waals surface area (Å²) in [6.45, 7) is 1.82. The van der Waals surface area contributed by atoms with Crippen LogP contribution in [0.1, 0.15) is 31.2 Å². The summed E-state index contributed by atoms with van der Waals surface area (Å²) in [5, 5.41) is 7.12. The molecule has 1 aliphatic rings. The normalized spacial score (nSPS) is 16.3. The summed E-state index contributed by atoms with van der Waals surface area (Å²) in [5.74, 6) is 0.332. The lowest BCUT2D eigenvalue weighted by molar-refractivity contribution is -0.121. The number of urea groups is 1. The molecule has 1 fully saturated rings. The Balaban J connectivity index is 1.42. The van der Waals surface area contributed by atoms with Crippen molar-refractivity contribution in [3.05, 3.63) is 64.1 Å². The van der Waals surface area contributed by atoms with Gasteiger partial charge < -0.3 is 15.5 Å². The predicted molar refractivity (Wildman–Crippen MR) is 117 cm³/mol. The van der Waals surface area contributed by atoms with E-state index in [9.17, 15) is 9.59 Å². The van der Waals surface area contributed by atoms with Crippen molar-refractivity contribution in [1.82, 2.24) is 10.2 Å². The zero-order valence-electron chi connectivity index (χ0n) is 16.2. The molecule has 3 rings (SSSR count). The highest BCUT2D eigenvalue weighted by atomic mass is 35.5. The Morgan fingerprint density at radius 3 is 2.59 bits per heavy atom. The smallest absolute Gasteiger partial charge is 0.321 e. The fourth-order valence-corrected chi connectivity index (χ4v) is 3.81. The van der Waals surface area contributed by atoms with Crippen molar-refractivity contribution < 1.29 is 9.59 Å². The van der Waals surface area contributed by atoms with Gasteiger partial charge in [0.1, 0.15) is 0 Å². The first-order valence-corrected chi connectivity index (χ1v) is 10.6. The van der Waals surface area contributed by atoms with Gasteiger partial charge >= 0.3 is 6.03 Å². The molecule has 1 heterocycles. The van der Waals surface area contributed by atoms with Crippen molar-refractivity contribution >= 4 is 40.8 Å². The van der Waals surface area contributed by atoms with E-state index in [4.69, 9.17) is 23.2 Å². The molecule has 0 aliphatic carbocycles. The third-order valence-electron chi connectivity index (χ3n) is 5.12. The molecule has 2 N–H and O–H groups in total. The van der Waals surface area contributed by atoms with E-state index < -0.39 is 0 Å². The molecular weight excluding hydrogens is 409 g/mol. The van der Waals surface area contributed by atoms with Crippen molar-refractivity contribution in [3.63, 3.8) is 0 Å². The molecule has 29 heavy (non-hydrogen) atoms. The fraction of sp³-hybridized carbons (Fsp3) is 0.364. The van der Waals surface area contributed by atoms with Crippen LogP contribution in [0.3, 0.4) is 0 Å². The van der Waals surface area contributed by atoms with Crippen molar-refractivity contribution in [2.75, 3.05) is 18.4 Å². The minimum absolute atomic E-state index is 0.00709. The van der Waals surface area contributed by atoms with Crippen molar-refractivity contribution in [2.45, 2.75) is 32.2 Å². The average Bonchev–Trinajstić information content (AvgIpc) is 2.73. The largest absolute Gasteiger partial charge is 0.352 e. The second-order valence-corrected chi connectivity index (χ2v) is 8.14. The van der Waals surface area contributed by atoms with E-state index in [2.05, 4.69) is 10.6 Å². The van der Waals surface area contributed by atoms with Gasteiger partial charge in [-0.3, -0.25) is 4.79 Å². The van der Waals surface area contributed by atoms with Gasteiger partial charge in [-0.05, 0) is 61.1 Å². The van der Waals surface area contributed by atoms with E-state index in [1.807, 2.05) is 29.2 Å². The van der Waals surface area contributed by atoms with E-state index in [0.717, 1.165) is 37.1 Å². The number of carbonyl (C=O) groups is 2. The Morgan fingerprint density at radius 2 is 1.83 bits per heavy atom. The Labute approximate surface area is 181 Å². The fourth-order valence-electron chi connectivity index (χ4n) is 3.48. The first-order valence-electron chi connectivity index (χ1n) is 9.83. The van der Waals surface area contributed by atoms with E-state index >= 15 is 0 Å². The third kappa shape index (κ3) is 6.65. The SMILES string of the molecule is O=C(CC[C@H]1CCCN(C(=O)Nc2ccc(Cl)cc2)C1)NCc1ccccc1Cl. The number of anilines is 1. The van der Waals surface area contributed by atoms with Gasteiger partial charge in [-0.25, -0.2) is 4.79 Å². The molecule has 2 aromatic carbocycles. The molecule has 0 saturated carbocycles. The maximum Gasteiger partial charge on any atom is 0.321 e. The molecule has 5 nitrogen and oxygen atoms in total. The van der Waals surface area contributed by atoms with Gasteiger partial charge in [0.2, 0.25) is 5.91 Å². The third-order valence-corrected chi connectivity index (χ3v) is 5.74. The molecule has 3 amide bonds. The highest BCUT2D eigenvalue weighted by Crippen LogP contribution is 2.22. The number of rotatable bonds is 6. The molecule has 0 radical (unpaired) electrons. The van der Waals surface area contributed by atoms with Crippen molar-refractivity contribution in [2.24, 2.45) is 5.92 Å². The van der Waals surface area contributed by atoms with Crippen LogP contribution in [-0.4, -0.2) is 29.9 Å². The zero-order chi connectivity index (χ0) is 20.6. The lowest BCUT2D eigenvalue weighted by Gasteiger charge is -2.32. The highest BCUT2D eigenvalue weighted by molar-refractivity contribution is 6.31. The maximum atomic E-state index is 12.5. The first-order chi connectivity index (χ1) is 14.0. The van der Waals surface area contributed by atoms with Crippen LogP contribution in [0.5, 0.6) is 0 Å². The summed E-state index contributed by atoms with van der Waals surface area (Å²) in [6, 6.07) is 14.4. The number of benzene rings is 2. The Bertz CT molecular complexity index is 842. The van der Waals surface area contributed by atoms with E-state index in [1.165, 1.54) is 0 Å². The number of hydrogen-bond acceptors (Lipinski definition) is 2. The number of halogens is 2. The van der Waals surface area contributed by atoms with Crippen LogP contribution in [0.4, 0.5) is 10.5 Å². The standard InChI is InChI=1S/C22H25Cl2N3O2/c23-18-8-10-19(11-9-18)26-22(29)27-13-3-4-16(15-27)7-12-21(28)25-14-17-5-1-2-6-20(17)24/h1-2,5-6,8-11,16H,3-4,7,12-15H2,(H,25,28)(H,26,29)/t16-/m1/s1. The summed E-state index contributed by atoms with van der Waals surface area (Å²) in [4.78, 5) is 26.5. The molecule has 7 heteroatoms. The van der Waals surface area contributed by atoms with Gasteiger partial charge in [0.05, 0.1) is 0 Å². The summed E-state index contributed by atoms with van der Waals surface area (Å²) in [5.41, 5.74) is 1.63. The quantitative estimate of drug-likeness (QED) is 0.645. The summed E-state index contributed by atoms with van der Waals surface area (Å²) in [7, 11) is 0. The molecule has 1 aliphatic heterocycles. The minimum atomic E-state index is -0.111. The van der Waals surface area contributed by atoms with Gasteiger partial charge in [0.15, 0.2) is 0 Å². The molecule has 0 spiro atoms. The van der Waals surface area contributed by atoms with Gasteiger partial charge in [-0.1, -0.05) is 41.4 Å². The van der Waals surface area contributed by atoms with Crippen molar-refractivity contribution in [1.29, 1.82) is 0 Å². The number of nitrogens with zero attached hydrogens (tertiary/aromatic N) is 1. The van der Waals surface area contributed by atoms with E-state index in [1.54, 1.807) is 24.3 Å². The van der Waals surface area contributed by atoms with Gasteiger partial charge in [-0.15, -0.1) is 0 Å². The first kappa shape index (κ1) is 21.5. The van der Waals surface area contributed by atoms with Gasteiger partial charge in [0.25, 0.3) is 0 Å². The number of nitrogens with one attached hydrogen (secondary N) is 2. The number of carbonyl (C=O) groups excluding carboxylic acids is 2. The second kappa shape index (κ2) is 10.5. The lowest BCUT2D eigenvalue weighted by Crippen LogP contribution is -2.42. The van der Waals surface area contributed by atoms with Crippen molar-refractivity contribution in [3.8, 4) is 0 Å². The van der Waals surface area contributed by atoms with Crippen LogP contribution in [0, 0.1) is 5.92 Å². The second-order valence-electron chi connectivity index (χ2n) is 7.30. The number of amides is 3. The van der Waals surface area contributed by atoms with Gasteiger partial charge in [0, 0.05) is 41.8 Å². The Hall–Kier alpha value is -2.24. The molecule has 0 unspecified atom stereocenters. The molecule has 154 valence electrons. The minimum Gasteiger partial charge on any atom is -0.352 e. The summed E-state index contributed by atoms with van der Waals surface area (Å²) in [6.07, 6.45) is 3.18. The number of hydrogen-bond donors (Lipinski definition) is 2. The Kier molecular flexibility index (Phi) is 7.78.